The molecule has 0 bridgehead atoms. The lowest BCUT2D eigenvalue weighted by Crippen LogP contribution is -2.30. The minimum absolute atomic E-state index is 0.156. The van der Waals surface area contributed by atoms with E-state index < -0.39 is 4.92 Å². The molecule has 0 unspecified atom stereocenters. The van der Waals surface area contributed by atoms with Crippen molar-refractivity contribution in [1.82, 2.24) is 4.98 Å². The van der Waals surface area contributed by atoms with Gasteiger partial charge in [-0.25, -0.2) is 4.98 Å². The van der Waals surface area contributed by atoms with Crippen molar-refractivity contribution in [3.05, 3.63) is 27.9 Å². The molecule has 0 saturated carbocycles. The van der Waals surface area contributed by atoms with Gasteiger partial charge in [-0.1, -0.05) is 16.9 Å². The number of hydrogen-bond acceptors (Lipinski definition) is 7. The number of hydrogen-bond donors (Lipinski definition) is 2. The Kier molecular flexibility index (Phi) is 3.63. The number of nitrogens with two attached hydrogens (primary N) is 1. The summed E-state index contributed by atoms with van der Waals surface area (Å²) in [5.41, 5.74) is 5.41. The fourth-order valence-corrected chi connectivity index (χ4v) is 2.31. The zero-order valence-corrected chi connectivity index (χ0v) is 9.96. The zero-order chi connectivity index (χ0) is 13.1. The number of oxime groups is 1. The maximum absolute atomic E-state index is 11.0. The van der Waals surface area contributed by atoms with Crippen molar-refractivity contribution in [3.63, 3.8) is 0 Å². The van der Waals surface area contributed by atoms with Gasteiger partial charge in [0.2, 0.25) is 0 Å². The quantitative estimate of drug-likeness (QED) is 0.269. The van der Waals surface area contributed by atoms with Crippen LogP contribution in [0.4, 0.5) is 5.69 Å². The Balaban J connectivity index is 2.31. The Labute approximate surface area is 106 Å². The summed E-state index contributed by atoms with van der Waals surface area (Å²) < 4.78 is 5.00. The van der Waals surface area contributed by atoms with Gasteiger partial charge in [0.15, 0.2) is 10.9 Å². The molecule has 96 valence electrons. The maximum atomic E-state index is 11.0. The van der Waals surface area contributed by atoms with E-state index >= 15 is 0 Å². The SMILES string of the molecule is NC(=NO)c1cnc(SC2COC2)c([N+](=O)[O-])c1. The molecule has 1 aliphatic heterocycles. The van der Waals surface area contributed by atoms with Gasteiger partial charge in [-0.05, 0) is 0 Å². The number of rotatable bonds is 4. The molecule has 3 N–H and O–H groups in total. The lowest BCUT2D eigenvalue weighted by Gasteiger charge is -2.24. The highest BCUT2D eigenvalue weighted by atomic mass is 32.2. The van der Waals surface area contributed by atoms with Gasteiger partial charge in [0, 0.05) is 17.8 Å². The van der Waals surface area contributed by atoms with Crippen LogP contribution in [-0.2, 0) is 4.74 Å². The minimum Gasteiger partial charge on any atom is -0.409 e. The van der Waals surface area contributed by atoms with Gasteiger partial charge in [-0.3, -0.25) is 10.1 Å². The van der Waals surface area contributed by atoms with Crippen LogP contribution < -0.4 is 5.73 Å². The van der Waals surface area contributed by atoms with Crippen LogP contribution in [-0.4, -0.2) is 39.4 Å². The summed E-state index contributed by atoms with van der Waals surface area (Å²) in [4.78, 5) is 14.4. The summed E-state index contributed by atoms with van der Waals surface area (Å²) in [6, 6.07) is 1.24. The lowest BCUT2D eigenvalue weighted by molar-refractivity contribution is -0.388. The first kappa shape index (κ1) is 12.6. The fourth-order valence-electron chi connectivity index (χ4n) is 1.30. The van der Waals surface area contributed by atoms with Crippen LogP contribution in [0.1, 0.15) is 5.56 Å². The van der Waals surface area contributed by atoms with E-state index in [0.717, 1.165) is 0 Å². The second-order valence-corrected chi connectivity index (χ2v) is 4.86. The molecule has 2 heterocycles. The third-order valence-corrected chi connectivity index (χ3v) is 3.46. The van der Waals surface area contributed by atoms with E-state index in [0.29, 0.717) is 18.2 Å². The third kappa shape index (κ3) is 2.51. The lowest BCUT2D eigenvalue weighted by atomic mass is 10.2. The molecule has 9 heteroatoms. The second-order valence-electron chi connectivity index (χ2n) is 3.57. The van der Waals surface area contributed by atoms with Gasteiger partial charge < -0.3 is 15.7 Å². The minimum atomic E-state index is -0.539. The number of aromatic nitrogens is 1. The second kappa shape index (κ2) is 5.19. The first-order chi connectivity index (χ1) is 8.61. The first-order valence-corrected chi connectivity index (χ1v) is 5.86. The first-order valence-electron chi connectivity index (χ1n) is 4.98. The maximum Gasteiger partial charge on any atom is 0.302 e. The van der Waals surface area contributed by atoms with Gasteiger partial charge in [-0.15, -0.1) is 0 Å². The molecule has 0 amide bonds. The zero-order valence-electron chi connectivity index (χ0n) is 9.15. The molecule has 1 aliphatic rings. The Morgan fingerprint density at radius 3 is 2.94 bits per heavy atom. The Morgan fingerprint density at radius 1 is 1.72 bits per heavy atom. The van der Waals surface area contributed by atoms with Crippen molar-refractivity contribution in [1.29, 1.82) is 0 Å². The van der Waals surface area contributed by atoms with Crippen molar-refractivity contribution in [3.8, 4) is 0 Å². The van der Waals surface area contributed by atoms with Crippen LogP contribution in [0.25, 0.3) is 0 Å². The number of thioether (sulfide) groups is 1. The number of ether oxygens (including phenoxy) is 1. The van der Waals surface area contributed by atoms with E-state index in [1.54, 1.807) is 0 Å². The van der Waals surface area contributed by atoms with Gasteiger partial charge in [0.05, 0.1) is 23.4 Å². The van der Waals surface area contributed by atoms with Crippen molar-refractivity contribution >= 4 is 23.3 Å². The number of nitrogens with zero attached hydrogens (tertiary/aromatic N) is 3. The molecule has 0 aromatic carbocycles. The summed E-state index contributed by atoms with van der Waals surface area (Å²) in [6.07, 6.45) is 1.34. The highest BCUT2D eigenvalue weighted by Crippen LogP contribution is 2.33. The summed E-state index contributed by atoms with van der Waals surface area (Å²) in [5, 5.41) is 22.8. The standard InChI is InChI=1S/C9H10N4O4S/c10-8(12-14)5-1-7(13(15)16)9(11-2-5)18-6-3-17-4-6/h1-2,6,14H,3-4H2,(H2,10,12). The van der Waals surface area contributed by atoms with Gasteiger partial charge in [-0.2, -0.15) is 0 Å². The molecule has 1 aromatic heterocycles. The van der Waals surface area contributed by atoms with Gasteiger partial charge in [0.1, 0.15) is 0 Å². The molecular weight excluding hydrogens is 260 g/mol. The normalized spacial score (nSPS) is 16.3. The molecule has 0 spiro atoms. The molecule has 0 aliphatic carbocycles. The summed E-state index contributed by atoms with van der Waals surface area (Å²) in [6.45, 7) is 1.12. The van der Waals surface area contributed by atoms with Gasteiger partial charge in [0.25, 0.3) is 0 Å². The summed E-state index contributed by atoms with van der Waals surface area (Å²) >= 11 is 1.29. The van der Waals surface area contributed by atoms with Crippen molar-refractivity contribution < 1.29 is 14.9 Å². The van der Waals surface area contributed by atoms with E-state index in [2.05, 4.69) is 10.1 Å². The molecule has 18 heavy (non-hydrogen) atoms. The molecule has 2 rings (SSSR count). The Morgan fingerprint density at radius 2 is 2.44 bits per heavy atom. The third-order valence-electron chi connectivity index (χ3n) is 2.32. The predicted molar refractivity (Wildman–Crippen MR) is 63.9 cm³/mol. The van der Waals surface area contributed by atoms with Crippen molar-refractivity contribution in [2.75, 3.05) is 13.2 Å². The highest BCUT2D eigenvalue weighted by molar-refractivity contribution is 8.00. The molecule has 8 nitrogen and oxygen atoms in total. The largest absolute Gasteiger partial charge is 0.409 e. The highest BCUT2D eigenvalue weighted by Gasteiger charge is 2.26. The van der Waals surface area contributed by atoms with E-state index in [1.807, 2.05) is 0 Å². The summed E-state index contributed by atoms with van der Waals surface area (Å²) in [7, 11) is 0. The van der Waals surface area contributed by atoms with Crippen molar-refractivity contribution in [2.45, 2.75) is 10.3 Å². The van der Waals surface area contributed by atoms with Crippen LogP contribution in [0.15, 0.2) is 22.4 Å². The van der Waals surface area contributed by atoms with E-state index in [4.69, 9.17) is 15.7 Å². The number of amidine groups is 1. The topological polar surface area (TPSA) is 124 Å². The average Bonchev–Trinajstić information content (AvgIpc) is 2.32. The van der Waals surface area contributed by atoms with E-state index in [9.17, 15) is 10.1 Å². The van der Waals surface area contributed by atoms with Crippen LogP contribution in [0, 0.1) is 10.1 Å². The van der Waals surface area contributed by atoms with Crippen LogP contribution >= 0.6 is 11.8 Å². The number of nitro groups is 1. The molecule has 1 aromatic rings. The predicted octanol–water partition coefficient (Wildman–Crippen LogP) is 0.575. The Bertz CT molecular complexity index is 503. The number of pyridine rings is 1. The van der Waals surface area contributed by atoms with Crippen LogP contribution in [0.5, 0.6) is 0 Å². The van der Waals surface area contributed by atoms with Crippen LogP contribution in [0.2, 0.25) is 0 Å². The molecule has 0 radical (unpaired) electrons. The monoisotopic (exact) mass is 270 g/mol. The molecule has 1 saturated heterocycles. The van der Waals surface area contributed by atoms with Gasteiger partial charge >= 0.3 is 5.69 Å². The smallest absolute Gasteiger partial charge is 0.302 e. The Hall–Kier alpha value is -1.87. The molecule has 1 fully saturated rings. The van der Waals surface area contributed by atoms with Crippen molar-refractivity contribution in [2.24, 2.45) is 10.9 Å². The average molecular weight is 270 g/mol. The van der Waals surface area contributed by atoms with Crippen LogP contribution in [0.3, 0.4) is 0 Å². The van der Waals surface area contributed by atoms with E-state index in [1.165, 1.54) is 24.0 Å². The molecular formula is C9H10N4O4S. The summed E-state index contributed by atoms with van der Waals surface area (Å²) in [5.74, 6) is -0.214. The fraction of sp³-hybridized carbons (Fsp3) is 0.333. The van der Waals surface area contributed by atoms with E-state index in [-0.39, 0.29) is 22.3 Å². The molecule has 0 atom stereocenters.